The van der Waals surface area contributed by atoms with Gasteiger partial charge in [-0.15, -0.1) is 0 Å². The van der Waals surface area contributed by atoms with Gasteiger partial charge in [-0.3, -0.25) is 5.43 Å². The standard InChI is InChI=1S/C20H24FN3O3/c21-16-4-1-2-5-17(16)25-9-3-8-22-11-15-12-23-24-20(15)14-6-7-18-19(10-14)27-13-26-18/h1-2,4-7,10,15,20,22-24H,3,8-9,11-13H2. The average molecular weight is 373 g/mol. The Morgan fingerprint density at radius 3 is 2.96 bits per heavy atom. The lowest BCUT2D eigenvalue weighted by Gasteiger charge is -2.19. The van der Waals surface area contributed by atoms with Crippen LogP contribution in [0.4, 0.5) is 4.39 Å². The van der Waals surface area contributed by atoms with Crippen LogP contribution in [0.25, 0.3) is 0 Å². The molecule has 1 saturated heterocycles. The summed E-state index contributed by atoms with van der Waals surface area (Å²) in [6.45, 7) is 3.35. The molecule has 2 aromatic carbocycles. The Hall–Kier alpha value is -2.35. The van der Waals surface area contributed by atoms with Gasteiger partial charge in [-0.1, -0.05) is 18.2 Å². The quantitative estimate of drug-likeness (QED) is 0.618. The summed E-state index contributed by atoms with van der Waals surface area (Å²) in [5, 5.41) is 3.47. The van der Waals surface area contributed by atoms with Crippen molar-refractivity contribution < 1.29 is 18.6 Å². The van der Waals surface area contributed by atoms with E-state index in [-0.39, 0.29) is 18.7 Å². The highest BCUT2D eigenvalue weighted by molar-refractivity contribution is 5.45. The lowest BCUT2D eigenvalue weighted by atomic mass is 9.94. The molecule has 0 spiro atoms. The van der Waals surface area contributed by atoms with Gasteiger partial charge in [0.15, 0.2) is 23.1 Å². The summed E-state index contributed by atoms with van der Waals surface area (Å²) in [4.78, 5) is 0. The van der Waals surface area contributed by atoms with Crippen molar-refractivity contribution in [2.24, 2.45) is 5.92 Å². The molecule has 6 nitrogen and oxygen atoms in total. The van der Waals surface area contributed by atoms with Crippen LogP contribution in [0.3, 0.4) is 0 Å². The van der Waals surface area contributed by atoms with Crippen LogP contribution >= 0.6 is 0 Å². The molecule has 7 heteroatoms. The van der Waals surface area contributed by atoms with E-state index in [0.717, 1.165) is 37.6 Å². The molecule has 0 saturated carbocycles. The molecule has 2 aliphatic rings. The normalized spacial score (nSPS) is 20.8. The average Bonchev–Trinajstić information content (AvgIpc) is 3.34. The van der Waals surface area contributed by atoms with Gasteiger partial charge in [-0.25, -0.2) is 9.82 Å². The summed E-state index contributed by atoms with van der Waals surface area (Å²) < 4.78 is 29.8. The van der Waals surface area contributed by atoms with Crippen LogP contribution in [0.5, 0.6) is 17.2 Å². The molecule has 2 unspecified atom stereocenters. The van der Waals surface area contributed by atoms with E-state index in [1.54, 1.807) is 18.2 Å². The predicted octanol–water partition coefficient (Wildman–Crippen LogP) is 2.38. The maximum atomic E-state index is 13.5. The molecule has 2 aromatic rings. The predicted molar refractivity (Wildman–Crippen MR) is 99.3 cm³/mol. The van der Waals surface area contributed by atoms with Gasteiger partial charge < -0.3 is 19.5 Å². The van der Waals surface area contributed by atoms with Crippen LogP contribution < -0.4 is 30.4 Å². The number of halogens is 1. The molecule has 0 aliphatic carbocycles. The summed E-state index contributed by atoms with van der Waals surface area (Å²) in [5.41, 5.74) is 7.76. The van der Waals surface area contributed by atoms with Gasteiger partial charge in [0.2, 0.25) is 6.79 Å². The first-order valence-electron chi connectivity index (χ1n) is 9.27. The molecule has 0 radical (unpaired) electrons. The van der Waals surface area contributed by atoms with Crippen molar-refractivity contribution in [1.29, 1.82) is 0 Å². The molecular weight excluding hydrogens is 349 g/mol. The smallest absolute Gasteiger partial charge is 0.231 e. The maximum absolute atomic E-state index is 13.5. The minimum Gasteiger partial charge on any atom is -0.490 e. The fraction of sp³-hybridized carbons (Fsp3) is 0.400. The number of ether oxygens (including phenoxy) is 3. The molecule has 0 bridgehead atoms. The van der Waals surface area contributed by atoms with E-state index in [1.807, 2.05) is 12.1 Å². The number of para-hydroxylation sites is 1. The molecule has 2 atom stereocenters. The van der Waals surface area contributed by atoms with E-state index in [1.165, 1.54) is 11.6 Å². The second kappa shape index (κ2) is 8.56. The van der Waals surface area contributed by atoms with E-state index in [9.17, 15) is 4.39 Å². The lowest BCUT2D eigenvalue weighted by Crippen LogP contribution is -2.29. The third-order valence-corrected chi connectivity index (χ3v) is 4.85. The first kappa shape index (κ1) is 18.0. The Balaban J connectivity index is 1.21. The maximum Gasteiger partial charge on any atom is 0.231 e. The van der Waals surface area contributed by atoms with Crippen LogP contribution in [-0.4, -0.2) is 33.0 Å². The van der Waals surface area contributed by atoms with E-state index in [0.29, 0.717) is 18.3 Å². The molecule has 2 aliphatic heterocycles. The van der Waals surface area contributed by atoms with Crippen molar-refractivity contribution in [3.8, 4) is 17.2 Å². The molecule has 4 rings (SSSR count). The summed E-state index contributed by atoms with van der Waals surface area (Å²) in [6.07, 6.45) is 0.816. The van der Waals surface area contributed by atoms with E-state index in [2.05, 4.69) is 22.2 Å². The SMILES string of the molecule is Fc1ccccc1OCCCNCC1CNNC1c1ccc2c(c1)OCO2. The van der Waals surface area contributed by atoms with Gasteiger partial charge in [-0.05, 0) is 42.8 Å². The van der Waals surface area contributed by atoms with Gasteiger partial charge >= 0.3 is 0 Å². The number of rotatable bonds is 8. The Kier molecular flexibility index (Phi) is 5.72. The number of fused-ring (bicyclic) bond motifs is 1. The van der Waals surface area contributed by atoms with Crippen LogP contribution in [0.15, 0.2) is 42.5 Å². The summed E-state index contributed by atoms with van der Waals surface area (Å²) in [6, 6.07) is 12.8. The monoisotopic (exact) mass is 373 g/mol. The highest BCUT2D eigenvalue weighted by Gasteiger charge is 2.29. The van der Waals surface area contributed by atoms with Gasteiger partial charge in [0.05, 0.1) is 12.6 Å². The minimum absolute atomic E-state index is 0.210. The van der Waals surface area contributed by atoms with Crippen molar-refractivity contribution in [2.45, 2.75) is 12.5 Å². The van der Waals surface area contributed by atoms with Crippen LogP contribution in [-0.2, 0) is 0 Å². The fourth-order valence-corrected chi connectivity index (χ4v) is 3.42. The highest BCUT2D eigenvalue weighted by atomic mass is 19.1. The number of hydrogen-bond donors (Lipinski definition) is 3. The summed E-state index contributed by atoms with van der Waals surface area (Å²) in [5.74, 6) is 2.01. The summed E-state index contributed by atoms with van der Waals surface area (Å²) >= 11 is 0. The highest BCUT2D eigenvalue weighted by Crippen LogP contribution is 2.36. The van der Waals surface area contributed by atoms with Crippen molar-refractivity contribution in [3.63, 3.8) is 0 Å². The molecule has 3 N–H and O–H groups in total. The lowest BCUT2D eigenvalue weighted by molar-refractivity contribution is 0.174. The Bertz CT molecular complexity index is 774. The van der Waals surface area contributed by atoms with E-state index < -0.39 is 0 Å². The molecule has 0 amide bonds. The van der Waals surface area contributed by atoms with Crippen molar-refractivity contribution in [3.05, 3.63) is 53.8 Å². The second-order valence-corrected chi connectivity index (χ2v) is 6.71. The van der Waals surface area contributed by atoms with Gasteiger partial charge in [0.25, 0.3) is 0 Å². The zero-order chi connectivity index (χ0) is 18.5. The number of hydrazine groups is 1. The van der Waals surface area contributed by atoms with Gasteiger partial charge in [-0.2, -0.15) is 0 Å². The third kappa shape index (κ3) is 4.32. The first-order chi connectivity index (χ1) is 13.3. The topological polar surface area (TPSA) is 63.8 Å². The molecule has 144 valence electrons. The van der Waals surface area contributed by atoms with Crippen LogP contribution in [0.1, 0.15) is 18.0 Å². The number of nitrogens with one attached hydrogen (secondary N) is 3. The Morgan fingerprint density at radius 1 is 1.15 bits per heavy atom. The van der Waals surface area contributed by atoms with Crippen LogP contribution in [0, 0.1) is 11.7 Å². The van der Waals surface area contributed by atoms with Crippen molar-refractivity contribution in [2.75, 3.05) is 33.0 Å². The zero-order valence-electron chi connectivity index (χ0n) is 15.0. The zero-order valence-corrected chi connectivity index (χ0v) is 15.0. The third-order valence-electron chi connectivity index (χ3n) is 4.85. The van der Waals surface area contributed by atoms with Crippen molar-refractivity contribution >= 4 is 0 Å². The summed E-state index contributed by atoms with van der Waals surface area (Å²) in [7, 11) is 0. The second-order valence-electron chi connectivity index (χ2n) is 6.71. The molecular formula is C20H24FN3O3. The molecule has 2 heterocycles. The molecule has 27 heavy (non-hydrogen) atoms. The van der Waals surface area contributed by atoms with Gasteiger partial charge in [0.1, 0.15) is 0 Å². The Morgan fingerprint density at radius 2 is 2.04 bits per heavy atom. The Labute approximate surface area is 158 Å². The minimum atomic E-state index is -0.319. The van der Waals surface area contributed by atoms with Crippen molar-refractivity contribution in [1.82, 2.24) is 16.2 Å². The first-order valence-corrected chi connectivity index (χ1v) is 9.27. The molecule has 1 fully saturated rings. The molecule has 0 aromatic heterocycles. The van der Waals surface area contributed by atoms with Gasteiger partial charge in [0, 0.05) is 19.0 Å². The number of hydrogen-bond acceptors (Lipinski definition) is 6. The van der Waals surface area contributed by atoms with E-state index >= 15 is 0 Å². The fourth-order valence-electron chi connectivity index (χ4n) is 3.42. The van der Waals surface area contributed by atoms with Crippen LogP contribution in [0.2, 0.25) is 0 Å². The van der Waals surface area contributed by atoms with E-state index in [4.69, 9.17) is 14.2 Å². The number of benzene rings is 2. The largest absolute Gasteiger partial charge is 0.490 e.